The van der Waals surface area contributed by atoms with Crippen molar-refractivity contribution in [2.75, 3.05) is 37.7 Å². The summed E-state index contributed by atoms with van der Waals surface area (Å²) in [6, 6.07) is 5.31. The number of ether oxygens (including phenoxy) is 2. The fourth-order valence-corrected chi connectivity index (χ4v) is 3.75. The predicted octanol–water partition coefficient (Wildman–Crippen LogP) is 0.744. The molecule has 26 heavy (non-hydrogen) atoms. The number of anilines is 1. The molecule has 0 bridgehead atoms. The van der Waals surface area contributed by atoms with Gasteiger partial charge in [0, 0.05) is 31.4 Å². The van der Waals surface area contributed by atoms with Crippen LogP contribution < -0.4 is 14.4 Å². The van der Waals surface area contributed by atoms with Crippen LogP contribution in [0.1, 0.15) is 12.8 Å². The van der Waals surface area contributed by atoms with Crippen LogP contribution in [0, 0.1) is 11.8 Å². The van der Waals surface area contributed by atoms with Gasteiger partial charge in [-0.15, -0.1) is 0 Å². The Hall–Kier alpha value is -2.77. The van der Waals surface area contributed by atoms with Gasteiger partial charge >= 0.3 is 5.97 Å². The molecule has 2 atom stereocenters. The Morgan fingerprint density at radius 2 is 1.85 bits per heavy atom. The van der Waals surface area contributed by atoms with E-state index in [4.69, 9.17) is 14.6 Å². The normalized spacial score (nSPS) is 24.8. The minimum atomic E-state index is -0.893. The molecule has 1 N–H and O–H groups in total. The van der Waals surface area contributed by atoms with E-state index in [0.29, 0.717) is 56.3 Å². The van der Waals surface area contributed by atoms with Crippen molar-refractivity contribution in [2.45, 2.75) is 12.8 Å². The second kappa shape index (κ2) is 6.51. The highest BCUT2D eigenvalue weighted by molar-refractivity contribution is 6.09. The van der Waals surface area contributed by atoms with Crippen LogP contribution in [-0.2, 0) is 14.4 Å². The quantitative estimate of drug-likeness (QED) is 0.799. The standard InChI is InChI=1S/C18H20N2O6/c21-16(19-5-3-11(10-19)18(23)24)13-4-6-20(17(13)22)12-1-2-14-15(9-12)26-8-7-25-14/h1-2,9,11,13H,3-8,10H2,(H,23,24)/t11-,13+/m0/s1. The van der Waals surface area contributed by atoms with Crippen LogP contribution in [0.5, 0.6) is 11.5 Å². The number of aliphatic carboxylic acids is 1. The lowest BCUT2D eigenvalue weighted by Crippen LogP contribution is -2.39. The molecule has 138 valence electrons. The van der Waals surface area contributed by atoms with E-state index < -0.39 is 17.8 Å². The summed E-state index contributed by atoms with van der Waals surface area (Å²) in [6.07, 6.45) is 0.869. The average molecular weight is 360 g/mol. The Labute approximate surface area is 150 Å². The van der Waals surface area contributed by atoms with Crippen LogP contribution in [0.4, 0.5) is 5.69 Å². The average Bonchev–Trinajstić information content (AvgIpc) is 3.28. The number of carbonyl (C=O) groups excluding carboxylic acids is 2. The number of hydrogen-bond donors (Lipinski definition) is 1. The highest BCUT2D eigenvalue weighted by Crippen LogP contribution is 2.36. The van der Waals surface area contributed by atoms with Gasteiger partial charge < -0.3 is 24.4 Å². The molecule has 4 rings (SSSR count). The van der Waals surface area contributed by atoms with E-state index in [1.165, 1.54) is 4.90 Å². The van der Waals surface area contributed by atoms with Gasteiger partial charge in [0.1, 0.15) is 19.1 Å². The first kappa shape index (κ1) is 16.7. The molecule has 8 nitrogen and oxygen atoms in total. The maximum atomic E-state index is 12.8. The van der Waals surface area contributed by atoms with Gasteiger partial charge in [-0.3, -0.25) is 14.4 Å². The zero-order chi connectivity index (χ0) is 18.3. The second-order valence-corrected chi connectivity index (χ2v) is 6.77. The smallest absolute Gasteiger partial charge is 0.308 e. The Morgan fingerprint density at radius 3 is 2.58 bits per heavy atom. The highest BCUT2D eigenvalue weighted by Gasteiger charge is 2.42. The number of amides is 2. The van der Waals surface area contributed by atoms with E-state index in [9.17, 15) is 14.4 Å². The topological polar surface area (TPSA) is 96.4 Å². The zero-order valence-corrected chi connectivity index (χ0v) is 14.2. The number of carboxylic acid groups (broad SMARTS) is 1. The van der Waals surface area contributed by atoms with E-state index in [0.717, 1.165) is 0 Å². The van der Waals surface area contributed by atoms with Crippen LogP contribution in [0.2, 0.25) is 0 Å². The number of fused-ring (bicyclic) bond motifs is 1. The highest BCUT2D eigenvalue weighted by atomic mass is 16.6. The molecule has 0 aliphatic carbocycles. The molecular weight excluding hydrogens is 340 g/mol. The van der Waals surface area contributed by atoms with Crippen molar-refractivity contribution in [1.29, 1.82) is 0 Å². The lowest BCUT2D eigenvalue weighted by molar-refractivity contribution is -0.142. The summed E-state index contributed by atoms with van der Waals surface area (Å²) in [5.41, 5.74) is 0.680. The maximum Gasteiger partial charge on any atom is 0.308 e. The summed E-state index contributed by atoms with van der Waals surface area (Å²) in [6.45, 7) is 1.99. The Bertz CT molecular complexity index is 764. The number of carbonyl (C=O) groups is 3. The minimum Gasteiger partial charge on any atom is -0.486 e. The first-order valence-corrected chi connectivity index (χ1v) is 8.77. The lowest BCUT2D eigenvalue weighted by atomic mass is 10.1. The molecule has 1 aromatic rings. The summed E-state index contributed by atoms with van der Waals surface area (Å²) < 4.78 is 11.0. The molecule has 3 aliphatic heterocycles. The summed E-state index contributed by atoms with van der Waals surface area (Å²) in [5, 5.41) is 9.08. The van der Waals surface area contributed by atoms with Crippen LogP contribution in [0.3, 0.4) is 0 Å². The fraction of sp³-hybridized carbons (Fsp3) is 0.500. The van der Waals surface area contributed by atoms with Crippen LogP contribution in [0.25, 0.3) is 0 Å². The summed E-state index contributed by atoms with van der Waals surface area (Å²) >= 11 is 0. The molecule has 0 spiro atoms. The van der Waals surface area contributed by atoms with Crippen molar-refractivity contribution in [3.8, 4) is 11.5 Å². The monoisotopic (exact) mass is 360 g/mol. The first-order valence-electron chi connectivity index (χ1n) is 8.77. The molecule has 8 heteroatoms. The molecule has 2 amide bonds. The van der Waals surface area contributed by atoms with Gasteiger partial charge in [0.15, 0.2) is 11.5 Å². The van der Waals surface area contributed by atoms with Crippen molar-refractivity contribution in [3.05, 3.63) is 18.2 Å². The van der Waals surface area contributed by atoms with E-state index in [-0.39, 0.29) is 18.4 Å². The van der Waals surface area contributed by atoms with Crippen molar-refractivity contribution in [1.82, 2.24) is 4.90 Å². The number of benzene rings is 1. The Balaban J connectivity index is 1.46. The van der Waals surface area contributed by atoms with Crippen molar-refractivity contribution in [3.63, 3.8) is 0 Å². The molecule has 1 aromatic carbocycles. The van der Waals surface area contributed by atoms with E-state index in [2.05, 4.69) is 0 Å². The van der Waals surface area contributed by atoms with E-state index in [1.807, 2.05) is 0 Å². The third-order valence-electron chi connectivity index (χ3n) is 5.19. The summed E-state index contributed by atoms with van der Waals surface area (Å²) in [4.78, 5) is 39.6. The molecular formula is C18H20N2O6. The van der Waals surface area contributed by atoms with Gasteiger partial charge in [-0.2, -0.15) is 0 Å². The van der Waals surface area contributed by atoms with Crippen LogP contribution in [0.15, 0.2) is 18.2 Å². The van der Waals surface area contributed by atoms with Crippen molar-refractivity contribution in [2.24, 2.45) is 11.8 Å². The molecule has 0 saturated carbocycles. The number of nitrogens with zero attached hydrogens (tertiary/aromatic N) is 2. The third-order valence-corrected chi connectivity index (χ3v) is 5.19. The maximum absolute atomic E-state index is 12.8. The SMILES string of the molecule is O=C(O)[C@H]1CCN(C(=O)[C@H]2CCN(c3ccc4c(c3)OCCO4)C2=O)C1. The molecule has 0 radical (unpaired) electrons. The van der Waals surface area contributed by atoms with Gasteiger partial charge in [0.05, 0.1) is 5.92 Å². The van der Waals surface area contributed by atoms with Gasteiger partial charge in [-0.05, 0) is 25.0 Å². The Kier molecular flexibility index (Phi) is 4.18. The largest absolute Gasteiger partial charge is 0.486 e. The summed E-state index contributed by atoms with van der Waals surface area (Å²) in [5.74, 6) is -1.43. The number of likely N-dealkylation sites (tertiary alicyclic amines) is 1. The van der Waals surface area contributed by atoms with Gasteiger partial charge in [-0.1, -0.05) is 0 Å². The minimum absolute atomic E-state index is 0.183. The van der Waals surface area contributed by atoms with E-state index >= 15 is 0 Å². The molecule has 2 saturated heterocycles. The van der Waals surface area contributed by atoms with Crippen LogP contribution in [-0.4, -0.2) is 60.6 Å². The van der Waals surface area contributed by atoms with Crippen molar-refractivity contribution >= 4 is 23.5 Å². The molecule has 2 fully saturated rings. The molecule has 0 aromatic heterocycles. The van der Waals surface area contributed by atoms with E-state index in [1.54, 1.807) is 23.1 Å². The second-order valence-electron chi connectivity index (χ2n) is 6.77. The van der Waals surface area contributed by atoms with Gasteiger partial charge in [-0.25, -0.2) is 0 Å². The summed E-state index contributed by atoms with van der Waals surface area (Å²) in [7, 11) is 0. The third kappa shape index (κ3) is 2.85. The Morgan fingerprint density at radius 1 is 1.08 bits per heavy atom. The predicted molar refractivity (Wildman–Crippen MR) is 90.2 cm³/mol. The van der Waals surface area contributed by atoms with Gasteiger partial charge in [0.25, 0.3) is 0 Å². The van der Waals surface area contributed by atoms with Gasteiger partial charge in [0.2, 0.25) is 11.8 Å². The fourth-order valence-electron chi connectivity index (χ4n) is 3.75. The number of hydrogen-bond acceptors (Lipinski definition) is 5. The molecule has 0 unspecified atom stereocenters. The molecule has 3 heterocycles. The molecule has 3 aliphatic rings. The lowest BCUT2D eigenvalue weighted by Gasteiger charge is -2.23. The number of rotatable bonds is 3. The zero-order valence-electron chi connectivity index (χ0n) is 14.2. The first-order chi connectivity index (χ1) is 12.5. The number of carboxylic acids is 1. The van der Waals surface area contributed by atoms with Crippen LogP contribution >= 0.6 is 0 Å². The van der Waals surface area contributed by atoms with Crippen molar-refractivity contribution < 1.29 is 29.0 Å².